The highest BCUT2D eigenvalue weighted by molar-refractivity contribution is 7.99. The number of Topliss-reactive ketones (excluding diaryl/α,β-unsaturated/α-hetero) is 1. The number of alkyl halides is 3. The van der Waals surface area contributed by atoms with Crippen LogP contribution in [0.1, 0.15) is 19.3 Å². The maximum atomic E-state index is 11.8. The lowest BCUT2D eigenvalue weighted by molar-refractivity contribution is -0.118. The molecule has 21 heavy (non-hydrogen) atoms. The van der Waals surface area contributed by atoms with Crippen molar-refractivity contribution in [2.75, 3.05) is 23.0 Å². The van der Waals surface area contributed by atoms with E-state index in [4.69, 9.17) is 0 Å². The molecule has 2 aliphatic heterocycles. The Hall–Kier alpha value is -0.350. The molecule has 0 atom stereocenters. The Morgan fingerprint density at radius 1 is 1.05 bits per heavy atom. The maximum Gasteiger partial charge on any atom is 0.534 e. The van der Waals surface area contributed by atoms with Gasteiger partial charge in [-0.25, -0.2) is 0 Å². The molecule has 0 aromatic heterocycles. The topological polar surface area (TPSA) is 60.4 Å². The van der Waals surface area contributed by atoms with Crippen molar-refractivity contribution >= 4 is 39.4 Å². The van der Waals surface area contributed by atoms with E-state index in [-0.39, 0.29) is 12.2 Å². The van der Waals surface area contributed by atoms with E-state index in [1.807, 2.05) is 11.8 Å². The predicted molar refractivity (Wildman–Crippen MR) is 77.7 cm³/mol. The number of rotatable bonds is 2. The van der Waals surface area contributed by atoms with Gasteiger partial charge in [-0.1, -0.05) is 0 Å². The summed E-state index contributed by atoms with van der Waals surface area (Å²) in [6.45, 7) is 0. The van der Waals surface area contributed by atoms with Gasteiger partial charge in [-0.2, -0.15) is 45.1 Å². The number of halogens is 3. The van der Waals surface area contributed by atoms with Gasteiger partial charge < -0.3 is 4.18 Å². The molecule has 0 bridgehead atoms. The highest BCUT2D eigenvalue weighted by Gasteiger charge is 2.48. The van der Waals surface area contributed by atoms with Crippen LogP contribution in [0.3, 0.4) is 0 Å². The molecule has 2 aliphatic rings. The molecule has 0 aliphatic carbocycles. The molecule has 2 rings (SSSR count). The molecular weight excluding hydrogens is 349 g/mol. The molecule has 0 N–H and O–H groups in total. The summed E-state index contributed by atoms with van der Waals surface area (Å²) in [5.74, 6) is 3.47. The molecule has 1 saturated heterocycles. The third-order valence-electron chi connectivity index (χ3n) is 2.47. The van der Waals surface area contributed by atoms with Crippen molar-refractivity contribution < 1.29 is 30.6 Å². The van der Waals surface area contributed by atoms with Crippen LogP contribution < -0.4 is 0 Å². The minimum atomic E-state index is -5.47. The zero-order chi connectivity index (χ0) is 15.9. The van der Waals surface area contributed by atoms with Gasteiger partial charge in [0.1, 0.15) is 11.5 Å². The van der Waals surface area contributed by atoms with Crippen LogP contribution in [0.5, 0.6) is 0 Å². The summed E-state index contributed by atoms with van der Waals surface area (Å²) >= 11 is 3.38. The highest BCUT2D eigenvalue weighted by atomic mass is 32.2. The number of thioether (sulfide) groups is 2. The molecular formula is C11H15F3O4S3. The number of carbonyl (C=O) groups is 1. The summed E-state index contributed by atoms with van der Waals surface area (Å²) in [5, 5.41) is 0. The third-order valence-corrected chi connectivity index (χ3v) is 5.35. The fourth-order valence-electron chi connectivity index (χ4n) is 1.37. The molecule has 10 heteroatoms. The molecule has 122 valence electrons. The summed E-state index contributed by atoms with van der Waals surface area (Å²) < 4.78 is 60.5. The molecule has 0 amide bonds. The third kappa shape index (κ3) is 6.96. The van der Waals surface area contributed by atoms with Crippen LogP contribution in [0.25, 0.3) is 0 Å². The van der Waals surface area contributed by atoms with Crippen molar-refractivity contribution in [2.24, 2.45) is 0 Å². The van der Waals surface area contributed by atoms with E-state index in [2.05, 4.69) is 4.18 Å². The van der Waals surface area contributed by atoms with E-state index in [1.165, 1.54) is 17.8 Å². The summed E-state index contributed by atoms with van der Waals surface area (Å²) in [6, 6.07) is 0. The first-order valence-electron chi connectivity index (χ1n) is 6.09. The number of ketones is 1. The number of hydrogen-bond acceptors (Lipinski definition) is 6. The van der Waals surface area contributed by atoms with Gasteiger partial charge in [-0.3, -0.25) is 4.79 Å². The quantitative estimate of drug-likeness (QED) is 0.555. The fraction of sp³-hybridized carbons (Fsp3) is 0.727. The second kappa shape index (κ2) is 8.33. The van der Waals surface area contributed by atoms with E-state index < -0.39 is 15.6 Å². The normalized spacial score (nSPS) is 20.1. The Morgan fingerprint density at radius 2 is 1.62 bits per heavy atom. The van der Waals surface area contributed by atoms with Gasteiger partial charge >= 0.3 is 15.6 Å². The molecule has 0 aromatic rings. The van der Waals surface area contributed by atoms with Crippen LogP contribution in [0, 0.1) is 0 Å². The number of hydrogen-bond donors (Lipinski definition) is 0. The summed E-state index contributed by atoms with van der Waals surface area (Å²) in [7, 11) is -5.47. The molecule has 0 saturated carbocycles. The Bertz CT molecular complexity index is 477. The molecule has 1 fully saturated rings. The minimum Gasteiger partial charge on any atom is -0.381 e. The molecule has 0 spiro atoms. The largest absolute Gasteiger partial charge is 0.534 e. The summed E-state index contributed by atoms with van der Waals surface area (Å²) in [6.07, 6.45) is 3.17. The van der Waals surface area contributed by atoms with Crippen LogP contribution in [-0.4, -0.2) is 42.7 Å². The Morgan fingerprint density at radius 3 is 2.00 bits per heavy atom. The van der Waals surface area contributed by atoms with Crippen LogP contribution in [0.15, 0.2) is 11.8 Å². The van der Waals surface area contributed by atoms with Crippen LogP contribution >= 0.6 is 23.5 Å². The second-order valence-electron chi connectivity index (χ2n) is 4.13. The maximum absolute atomic E-state index is 11.8. The monoisotopic (exact) mass is 364 g/mol. The summed E-state index contributed by atoms with van der Waals surface area (Å²) in [5.41, 5.74) is -5.35. The molecule has 2 heterocycles. The second-order valence-corrected chi connectivity index (χ2v) is 8.04. The highest BCUT2D eigenvalue weighted by Crippen LogP contribution is 2.29. The molecule has 0 radical (unpaired) electrons. The Balaban J connectivity index is 0.000000262. The fourth-order valence-corrected chi connectivity index (χ4v) is 3.66. The first-order chi connectivity index (χ1) is 9.72. The minimum absolute atomic E-state index is 0.124. The van der Waals surface area contributed by atoms with Crippen molar-refractivity contribution in [3.8, 4) is 0 Å². The van der Waals surface area contributed by atoms with Gasteiger partial charge in [0.2, 0.25) is 0 Å². The van der Waals surface area contributed by atoms with Crippen molar-refractivity contribution in [3.63, 3.8) is 0 Å². The average Bonchev–Trinajstić information content (AvgIpc) is 2.39. The zero-order valence-electron chi connectivity index (χ0n) is 11.0. The van der Waals surface area contributed by atoms with E-state index in [9.17, 15) is 26.4 Å². The van der Waals surface area contributed by atoms with Crippen molar-refractivity contribution in [1.82, 2.24) is 0 Å². The van der Waals surface area contributed by atoms with Crippen molar-refractivity contribution in [2.45, 2.75) is 24.8 Å². The number of allylic oxidation sites excluding steroid dienone is 1. The lowest BCUT2D eigenvalue weighted by Crippen LogP contribution is -2.25. The van der Waals surface area contributed by atoms with Gasteiger partial charge in [0.15, 0.2) is 0 Å². The lowest BCUT2D eigenvalue weighted by atomic mass is 10.2. The van der Waals surface area contributed by atoms with Gasteiger partial charge in [0, 0.05) is 42.3 Å². The average molecular weight is 364 g/mol. The Kier molecular flexibility index (Phi) is 7.41. The van der Waals surface area contributed by atoms with Gasteiger partial charge in [-0.05, 0) is 6.08 Å². The standard InChI is InChI=1S/C6H7F3O3S2.C5H8OS/c7-6(8,9)14(10,11)12-5-1-3-13-4-2-5;6-5-1-3-7-4-2-5/h1H,2-4H2;1-4H2. The van der Waals surface area contributed by atoms with E-state index >= 15 is 0 Å². The van der Waals surface area contributed by atoms with Gasteiger partial charge in [-0.15, -0.1) is 0 Å². The van der Waals surface area contributed by atoms with E-state index in [0.717, 1.165) is 24.3 Å². The predicted octanol–water partition coefficient (Wildman–Crippen LogP) is 2.96. The first-order valence-corrected chi connectivity index (χ1v) is 9.81. The van der Waals surface area contributed by atoms with Crippen LogP contribution in [0.4, 0.5) is 13.2 Å². The van der Waals surface area contributed by atoms with E-state index in [1.54, 1.807) is 0 Å². The SMILES string of the molecule is O=C1CCSCC1.O=S(=O)(OC1=CCSCC1)C(F)(F)F. The molecule has 0 aromatic carbocycles. The lowest BCUT2D eigenvalue weighted by Gasteiger charge is -2.14. The molecule has 4 nitrogen and oxygen atoms in total. The van der Waals surface area contributed by atoms with Crippen molar-refractivity contribution in [3.05, 3.63) is 11.8 Å². The van der Waals surface area contributed by atoms with Crippen molar-refractivity contribution in [1.29, 1.82) is 0 Å². The van der Waals surface area contributed by atoms with Crippen LogP contribution in [-0.2, 0) is 19.1 Å². The van der Waals surface area contributed by atoms with Gasteiger partial charge in [0.05, 0.1) is 0 Å². The van der Waals surface area contributed by atoms with Gasteiger partial charge in [0.25, 0.3) is 0 Å². The van der Waals surface area contributed by atoms with E-state index in [0.29, 0.717) is 17.3 Å². The zero-order valence-corrected chi connectivity index (χ0v) is 13.5. The summed E-state index contributed by atoms with van der Waals surface area (Å²) in [4.78, 5) is 10.4. The van der Waals surface area contributed by atoms with Crippen LogP contribution in [0.2, 0.25) is 0 Å². The first kappa shape index (κ1) is 18.7. The number of carbonyl (C=O) groups excluding carboxylic acids is 1. The molecule has 0 unspecified atom stereocenters. The smallest absolute Gasteiger partial charge is 0.381 e. The Labute approximate surface area is 130 Å².